The number of benzene rings is 2. The van der Waals surface area contributed by atoms with E-state index in [0.717, 1.165) is 18.4 Å². The van der Waals surface area contributed by atoms with E-state index in [1.165, 1.54) is 6.20 Å². The second kappa shape index (κ2) is 9.86. The van der Waals surface area contributed by atoms with Crippen LogP contribution in [0.15, 0.2) is 48.8 Å². The average molecular weight is 548 g/mol. The summed E-state index contributed by atoms with van der Waals surface area (Å²) < 4.78 is 1.62. The molecule has 5 rings (SSSR count). The second-order valence-corrected chi connectivity index (χ2v) is 11.9. The van der Waals surface area contributed by atoms with Gasteiger partial charge in [-0.25, -0.2) is 4.68 Å². The van der Waals surface area contributed by atoms with Crippen LogP contribution in [0.2, 0.25) is 5.02 Å². The van der Waals surface area contributed by atoms with Crippen molar-refractivity contribution in [3.63, 3.8) is 0 Å². The lowest BCUT2D eigenvalue weighted by molar-refractivity contribution is 0.443. The van der Waals surface area contributed by atoms with Crippen molar-refractivity contribution in [3.8, 4) is 18.2 Å². The van der Waals surface area contributed by atoms with Crippen molar-refractivity contribution >= 4 is 41.7 Å². The minimum absolute atomic E-state index is 0.0486. The molecule has 198 valence electrons. The fourth-order valence-corrected chi connectivity index (χ4v) is 5.05. The molecular formula is C29H27BClN9. The Morgan fingerprint density at radius 3 is 2.45 bits per heavy atom. The van der Waals surface area contributed by atoms with Crippen molar-refractivity contribution in [2.24, 2.45) is 5.41 Å². The van der Waals surface area contributed by atoms with E-state index in [-0.39, 0.29) is 5.41 Å². The zero-order chi connectivity index (χ0) is 28.7. The van der Waals surface area contributed by atoms with Crippen molar-refractivity contribution in [1.82, 2.24) is 20.0 Å². The molecule has 0 saturated heterocycles. The molecule has 2 N–H and O–H groups in total. The molecule has 0 spiro atoms. The van der Waals surface area contributed by atoms with Gasteiger partial charge in [0.2, 0.25) is 0 Å². The highest BCUT2D eigenvalue weighted by Crippen LogP contribution is 2.43. The molecule has 2 aromatic heterocycles. The number of hydrogen-bond acceptors (Lipinski definition) is 8. The van der Waals surface area contributed by atoms with Gasteiger partial charge in [-0.2, -0.15) is 15.8 Å². The molecule has 1 saturated carbocycles. The molecule has 2 aromatic carbocycles. The van der Waals surface area contributed by atoms with E-state index in [1.54, 1.807) is 23.0 Å². The first-order valence-electron chi connectivity index (χ1n) is 12.9. The summed E-state index contributed by atoms with van der Waals surface area (Å²) in [5.41, 5.74) is 2.09. The maximum atomic E-state index is 10.1. The fraction of sp³-hybridized carbons (Fsp3) is 0.310. The van der Waals surface area contributed by atoms with Crippen molar-refractivity contribution in [2.45, 2.75) is 44.6 Å². The van der Waals surface area contributed by atoms with E-state index in [0.29, 0.717) is 50.7 Å². The lowest BCUT2D eigenvalue weighted by atomic mass is 9.69. The summed E-state index contributed by atoms with van der Waals surface area (Å²) in [5, 5.41) is 46.5. The highest BCUT2D eigenvalue weighted by Gasteiger charge is 2.47. The van der Waals surface area contributed by atoms with Crippen LogP contribution < -0.4 is 10.6 Å². The first kappa shape index (κ1) is 27.0. The van der Waals surface area contributed by atoms with Crippen LogP contribution in [0.4, 0.5) is 11.4 Å². The van der Waals surface area contributed by atoms with Crippen molar-refractivity contribution in [2.75, 3.05) is 17.2 Å². The molecule has 1 unspecified atom stereocenters. The topological polar surface area (TPSA) is 139 Å². The molecule has 11 heteroatoms. The summed E-state index contributed by atoms with van der Waals surface area (Å²) in [6.45, 7) is 6.91. The van der Waals surface area contributed by atoms with E-state index >= 15 is 0 Å². The number of hydrogen-bond donors (Lipinski definition) is 2. The third-order valence-electron chi connectivity index (χ3n) is 7.19. The van der Waals surface area contributed by atoms with Gasteiger partial charge in [0.15, 0.2) is 5.54 Å². The van der Waals surface area contributed by atoms with Gasteiger partial charge < -0.3 is 10.6 Å². The highest BCUT2D eigenvalue weighted by atomic mass is 35.5. The average Bonchev–Trinajstić information content (AvgIpc) is 3.56. The Hall–Kier alpha value is -4.59. The van der Waals surface area contributed by atoms with Crippen molar-refractivity contribution in [3.05, 3.63) is 76.2 Å². The molecule has 2 heterocycles. The first-order chi connectivity index (χ1) is 19.0. The molecule has 9 nitrogen and oxygen atoms in total. The lowest BCUT2D eigenvalue weighted by Crippen LogP contribution is -2.38. The molecule has 1 atom stereocenters. The predicted octanol–water partition coefficient (Wildman–Crippen LogP) is 4.64. The minimum atomic E-state index is -0.984. The van der Waals surface area contributed by atoms with Crippen LogP contribution in [-0.4, -0.2) is 34.4 Å². The van der Waals surface area contributed by atoms with Crippen LogP contribution in [0.3, 0.4) is 0 Å². The number of rotatable bonds is 7. The summed E-state index contributed by atoms with van der Waals surface area (Å²) in [4.78, 5) is 4.45. The van der Waals surface area contributed by atoms with Gasteiger partial charge in [-0.15, -0.1) is 5.10 Å². The Morgan fingerprint density at radius 1 is 1.10 bits per heavy atom. The Kier molecular flexibility index (Phi) is 6.66. The van der Waals surface area contributed by atoms with Crippen LogP contribution in [0.1, 0.15) is 56.0 Å². The van der Waals surface area contributed by atoms with Gasteiger partial charge in [-0.3, -0.25) is 4.98 Å². The Balaban J connectivity index is 1.68. The smallest absolute Gasteiger partial charge is 0.150 e. The quantitative estimate of drug-likeness (QED) is 0.319. The van der Waals surface area contributed by atoms with Gasteiger partial charge >= 0.3 is 0 Å². The Morgan fingerprint density at radius 2 is 1.82 bits per heavy atom. The standard InChI is InChI=1S/C29H27BClN9/c1-27(2,3)17-36-26-19(13-33)14-35-25-18(12-32)10-20(11-21(25)26)37-29(30,22-6-4-5-7-23(22)31)24-15-40(39-38-24)28(16-34)8-9-28/h4-7,10-11,14-15,37H,8-9,17,30H2,1-3H3,(H,35,36). The summed E-state index contributed by atoms with van der Waals surface area (Å²) in [6, 6.07) is 17.9. The number of anilines is 2. The number of halogens is 1. The molecular weight excluding hydrogens is 521 g/mol. The van der Waals surface area contributed by atoms with Crippen molar-refractivity contribution < 1.29 is 0 Å². The van der Waals surface area contributed by atoms with Gasteiger partial charge in [0.1, 0.15) is 25.7 Å². The van der Waals surface area contributed by atoms with E-state index in [9.17, 15) is 15.8 Å². The molecule has 0 amide bonds. The van der Waals surface area contributed by atoms with Crippen molar-refractivity contribution in [1.29, 1.82) is 15.8 Å². The summed E-state index contributed by atoms with van der Waals surface area (Å²) in [6.07, 6.45) is 4.72. The predicted molar refractivity (Wildman–Crippen MR) is 156 cm³/mol. The molecule has 1 fully saturated rings. The molecule has 0 radical (unpaired) electrons. The number of nitrogens with one attached hydrogen (secondary N) is 2. The van der Waals surface area contributed by atoms with Crippen LogP contribution in [-0.2, 0) is 11.0 Å². The largest absolute Gasteiger partial charge is 0.383 e. The Labute approximate surface area is 238 Å². The van der Waals surface area contributed by atoms with Crippen LogP contribution in [0, 0.1) is 39.4 Å². The third kappa shape index (κ3) is 4.81. The van der Waals surface area contributed by atoms with E-state index in [2.05, 4.69) is 64.9 Å². The van der Waals surface area contributed by atoms with Gasteiger partial charge in [-0.05, 0) is 42.0 Å². The molecule has 0 bridgehead atoms. The molecule has 1 aliphatic rings. The fourth-order valence-electron chi connectivity index (χ4n) is 4.73. The third-order valence-corrected chi connectivity index (χ3v) is 7.52. The summed E-state index contributed by atoms with van der Waals surface area (Å²) in [7, 11) is 1.94. The molecule has 1 aliphatic carbocycles. The number of nitriles is 3. The lowest BCUT2D eigenvalue weighted by Gasteiger charge is -2.32. The zero-order valence-electron chi connectivity index (χ0n) is 22.7. The number of pyridine rings is 1. The minimum Gasteiger partial charge on any atom is -0.383 e. The summed E-state index contributed by atoms with van der Waals surface area (Å²) in [5.74, 6) is 0. The highest BCUT2D eigenvalue weighted by molar-refractivity contribution is 6.33. The number of nitrogens with zero attached hydrogens (tertiary/aromatic N) is 7. The molecule has 0 aliphatic heterocycles. The zero-order valence-corrected chi connectivity index (χ0v) is 23.5. The second-order valence-electron chi connectivity index (χ2n) is 11.5. The van der Waals surface area contributed by atoms with Gasteiger partial charge in [0.25, 0.3) is 0 Å². The van der Waals surface area contributed by atoms with Gasteiger partial charge in [0.05, 0.1) is 40.0 Å². The Bertz CT molecular complexity index is 1750. The van der Waals surface area contributed by atoms with Gasteiger partial charge in [-0.1, -0.05) is 55.8 Å². The van der Waals surface area contributed by atoms with E-state index in [1.807, 2.05) is 32.1 Å². The first-order valence-corrected chi connectivity index (χ1v) is 13.3. The van der Waals surface area contributed by atoms with Crippen LogP contribution in [0.25, 0.3) is 10.9 Å². The van der Waals surface area contributed by atoms with E-state index in [4.69, 9.17) is 11.6 Å². The maximum absolute atomic E-state index is 10.1. The van der Waals surface area contributed by atoms with Crippen LogP contribution >= 0.6 is 11.6 Å². The van der Waals surface area contributed by atoms with Gasteiger partial charge in [0, 0.05) is 28.8 Å². The molecule has 40 heavy (non-hydrogen) atoms. The molecule has 4 aromatic rings. The number of aromatic nitrogens is 4. The van der Waals surface area contributed by atoms with Crippen LogP contribution in [0.5, 0.6) is 0 Å². The SMILES string of the molecule is BC(Nc1cc(C#N)c2ncc(C#N)c(NCC(C)(C)C)c2c1)(c1cn(C2(C#N)CC2)nn1)c1ccccc1Cl. The number of fused-ring (bicyclic) bond motifs is 1. The summed E-state index contributed by atoms with van der Waals surface area (Å²) >= 11 is 6.71. The van der Waals surface area contributed by atoms with E-state index < -0.39 is 11.0 Å². The maximum Gasteiger partial charge on any atom is 0.150 e. The monoisotopic (exact) mass is 547 g/mol. The normalized spacial score (nSPS) is 15.3.